The summed E-state index contributed by atoms with van der Waals surface area (Å²) in [6, 6.07) is 26.7. The van der Waals surface area contributed by atoms with Crippen LogP contribution in [0.5, 0.6) is 0 Å². The van der Waals surface area contributed by atoms with Gasteiger partial charge in [0.2, 0.25) is 0 Å². The Hall–Kier alpha value is -3.11. The van der Waals surface area contributed by atoms with E-state index in [2.05, 4.69) is 41.7 Å². The van der Waals surface area contributed by atoms with Gasteiger partial charge >= 0.3 is 6.09 Å². The summed E-state index contributed by atoms with van der Waals surface area (Å²) in [5.41, 5.74) is 5.77. The maximum Gasteiger partial charge on any atom is 0.407 e. The van der Waals surface area contributed by atoms with Crippen molar-refractivity contribution in [2.75, 3.05) is 13.2 Å². The number of rotatable bonds is 5. The summed E-state index contributed by atoms with van der Waals surface area (Å²) >= 11 is 0. The van der Waals surface area contributed by atoms with Crippen molar-refractivity contribution in [3.05, 3.63) is 95.6 Å². The molecule has 2 aliphatic carbocycles. The zero-order chi connectivity index (χ0) is 20.6. The number of ether oxygens (including phenoxy) is 1. The fraction of sp³-hybridized carbons (Fsp3) is 0.269. The van der Waals surface area contributed by atoms with E-state index in [4.69, 9.17) is 4.74 Å². The predicted molar refractivity (Wildman–Crippen MR) is 116 cm³/mol. The van der Waals surface area contributed by atoms with Crippen LogP contribution >= 0.6 is 0 Å². The van der Waals surface area contributed by atoms with Gasteiger partial charge in [-0.05, 0) is 40.7 Å². The van der Waals surface area contributed by atoms with Crippen molar-refractivity contribution in [2.45, 2.75) is 30.3 Å². The molecule has 3 aromatic carbocycles. The van der Waals surface area contributed by atoms with Crippen LogP contribution in [0.25, 0.3) is 11.1 Å². The number of carbonyl (C=O) groups is 1. The van der Waals surface area contributed by atoms with Gasteiger partial charge in [0.1, 0.15) is 6.61 Å². The molecule has 2 N–H and O–H groups in total. The standard InChI is InChI=1S/C26H25NO3/c28-19-14-26(15-19,18-8-2-1-3-9-18)17-27-25(29)30-16-24-22-12-6-4-10-20(22)21-11-5-7-13-23(21)24/h1-13,19,24,28H,14-17H2,(H,27,29). The molecule has 1 saturated carbocycles. The number of benzene rings is 3. The molecule has 1 amide bonds. The first-order valence-corrected chi connectivity index (χ1v) is 10.5. The van der Waals surface area contributed by atoms with Crippen molar-refractivity contribution >= 4 is 6.09 Å². The van der Waals surface area contributed by atoms with Crippen LogP contribution in [0.4, 0.5) is 4.79 Å². The zero-order valence-electron chi connectivity index (χ0n) is 16.8. The van der Waals surface area contributed by atoms with Crippen LogP contribution in [-0.4, -0.2) is 30.5 Å². The van der Waals surface area contributed by atoms with E-state index in [0.717, 1.165) is 5.56 Å². The Kier molecular flexibility index (Phi) is 4.80. The molecule has 4 heteroatoms. The number of fused-ring (bicyclic) bond motifs is 3. The van der Waals surface area contributed by atoms with Gasteiger partial charge in [0, 0.05) is 17.9 Å². The molecule has 0 unspecified atom stereocenters. The number of aliphatic hydroxyl groups excluding tert-OH is 1. The lowest BCUT2D eigenvalue weighted by Gasteiger charge is -2.46. The van der Waals surface area contributed by atoms with Gasteiger partial charge in [-0.2, -0.15) is 0 Å². The van der Waals surface area contributed by atoms with Crippen LogP contribution in [0.1, 0.15) is 35.4 Å². The SMILES string of the molecule is O=C(NCC1(c2ccccc2)CC(O)C1)OCC1c2ccccc2-c2ccccc21. The van der Waals surface area contributed by atoms with Gasteiger partial charge < -0.3 is 15.2 Å². The van der Waals surface area contributed by atoms with E-state index in [1.807, 2.05) is 42.5 Å². The highest BCUT2D eigenvalue weighted by Crippen LogP contribution is 2.45. The second-order valence-electron chi connectivity index (χ2n) is 8.39. The molecule has 0 heterocycles. The zero-order valence-corrected chi connectivity index (χ0v) is 16.8. The third-order valence-electron chi connectivity index (χ3n) is 6.55. The molecule has 5 rings (SSSR count). The van der Waals surface area contributed by atoms with E-state index >= 15 is 0 Å². The molecule has 4 nitrogen and oxygen atoms in total. The topological polar surface area (TPSA) is 58.6 Å². The van der Waals surface area contributed by atoms with Gasteiger partial charge in [-0.15, -0.1) is 0 Å². The van der Waals surface area contributed by atoms with E-state index in [9.17, 15) is 9.90 Å². The number of carbonyl (C=O) groups excluding carboxylic acids is 1. The molecule has 3 aromatic rings. The Morgan fingerprint density at radius 1 is 0.900 bits per heavy atom. The van der Waals surface area contributed by atoms with Crippen molar-refractivity contribution < 1.29 is 14.6 Å². The van der Waals surface area contributed by atoms with Gasteiger partial charge in [0.05, 0.1) is 6.10 Å². The minimum atomic E-state index is -0.409. The van der Waals surface area contributed by atoms with Crippen LogP contribution in [0.15, 0.2) is 78.9 Å². The Balaban J connectivity index is 1.25. The van der Waals surface area contributed by atoms with Gasteiger partial charge in [-0.25, -0.2) is 4.79 Å². The highest BCUT2D eigenvalue weighted by atomic mass is 16.5. The molecule has 0 spiro atoms. The molecular formula is C26H25NO3. The largest absolute Gasteiger partial charge is 0.449 e. The summed E-state index contributed by atoms with van der Waals surface area (Å²) in [5.74, 6) is 0.0526. The molecule has 152 valence electrons. The minimum absolute atomic E-state index is 0.0526. The van der Waals surface area contributed by atoms with Crippen molar-refractivity contribution in [3.63, 3.8) is 0 Å². The molecule has 0 aromatic heterocycles. The summed E-state index contributed by atoms with van der Waals surface area (Å²) < 4.78 is 5.65. The average Bonchev–Trinajstić information content (AvgIpc) is 3.09. The lowest BCUT2D eigenvalue weighted by atomic mass is 9.62. The summed E-state index contributed by atoms with van der Waals surface area (Å²) in [5, 5.41) is 12.8. The minimum Gasteiger partial charge on any atom is -0.449 e. The first-order valence-electron chi connectivity index (χ1n) is 10.5. The average molecular weight is 399 g/mol. The Labute approximate surface area is 176 Å². The predicted octanol–water partition coefficient (Wildman–Crippen LogP) is 4.62. The molecule has 2 aliphatic rings. The van der Waals surface area contributed by atoms with E-state index in [0.29, 0.717) is 26.0 Å². The molecule has 0 saturated heterocycles. The third kappa shape index (κ3) is 3.27. The number of nitrogens with one attached hydrogen (secondary N) is 1. The fourth-order valence-electron chi connectivity index (χ4n) is 5.01. The number of hydrogen-bond acceptors (Lipinski definition) is 3. The van der Waals surface area contributed by atoms with Gasteiger partial charge in [0.15, 0.2) is 0 Å². The van der Waals surface area contributed by atoms with E-state index in [-0.39, 0.29) is 17.4 Å². The summed E-state index contributed by atoms with van der Waals surface area (Å²) in [4.78, 5) is 12.5. The molecule has 1 fully saturated rings. The van der Waals surface area contributed by atoms with Crippen LogP contribution in [0.3, 0.4) is 0 Å². The quantitative estimate of drug-likeness (QED) is 0.658. The molecule has 0 aliphatic heterocycles. The van der Waals surface area contributed by atoms with Crippen molar-refractivity contribution in [1.82, 2.24) is 5.32 Å². The lowest BCUT2D eigenvalue weighted by Crippen LogP contribution is -2.52. The van der Waals surface area contributed by atoms with E-state index in [1.54, 1.807) is 0 Å². The van der Waals surface area contributed by atoms with E-state index in [1.165, 1.54) is 22.3 Å². The van der Waals surface area contributed by atoms with Gasteiger partial charge in [-0.1, -0.05) is 78.9 Å². The maximum atomic E-state index is 12.5. The highest BCUT2D eigenvalue weighted by molar-refractivity contribution is 5.79. The number of hydrogen-bond donors (Lipinski definition) is 2. The molecule has 0 bridgehead atoms. The molecule has 0 atom stereocenters. The smallest absolute Gasteiger partial charge is 0.407 e. The normalized spacial score (nSPS) is 22.0. The fourth-order valence-corrected chi connectivity index (χ4v) is 5.01. The first kappa shape index (κ1) is 18.9. The Bertz CT molecular complexity index is 1010. The van der Waals surface area contributed by atoms with Crippen molar-refractivity contribution in [1.29, 1.82) is 0 Å². The Morgan fingerprint density at radius 3 is 2.07 bits per heavy atom. The lowest BCUT2D eigenvalue weighted by molar-refractivity contribution is 0.0172. The monoisotopic (exact) mass is 399 g/mol. The number of aliphatic hydroxyl groups is 1. The molecule has 0 radical (unpaired) electrons. The number of amides is 1. The summed E-state index contributed by atoms with van der Waals surface area (Å²) in [7, 11) is 0. The second-order valence-corrected chi connectivity index (χ2v) is 8.39. The van der Waals surface area contributed by atoms with Gasteiger partial charge in [-0.3, -0.25) is 0 Å². The highest BCUT2D eigenvalue weighted by Gasteiger charge is 2.45. The summed E-state index contributed by atoms with van der Waals surface area (Å²) in [6.45, 7) is 0.769. The number of alkyl carbamates (subject to hydrolysis) is 1. The molecule has 30 heavy (non-hydrogen) atoms. The van der Waals surface area contributed by atoms with E-state index < -0.39 is 6.09 Å². The van der Waals surface area contributed by atoms with Gasteiger partial charge in [0.25, 0.3) is 0 Å². The van der Waals surface area contributed by atoms with Crippen LogP contribution in [0, 0.1) is 0 Å². The maximum absolute atomic E-state index is 12.5. The van der Waals surface area contributed by atoms with Crippen LogP contribution in [-0.2, 0) is 10.2 Å². The van der Waals surface area contributed by atoms with Crippen LogP contribution < -0.4 is 5.32 Å². The molecular weight excluding hydrogens is 374 g/mol. The first-order chi connectivity index (χ1) is 14.7. The third-order valence-corrected chi connectivity index (χ3v) is 6.55. The Morgan fingerprint density at radius 2 is 1.47 bits per heavy atom. The second kappa shape index (κ2) is 7.62. The van der Waals surface area contributed by atoms with Crippen molar-refractivity contribution in [3.8, 4) is 11.1 Å². The van der Waals surface area contributed by atoms with Crippen LogP contribution in [0.2, 0.25) is 0 Å². The van der Waals surface area contributed by atoms with Crippen molar-refractivity contribution in [2.24, 2.45) is 0 Å². The summed E-state index contributed by atoms with van der Waals surface area (Å²) in [6.07, 6.45) is 0.588.